The van der Waals surface area contributed by atoms with Gasteiger partial charge in [-0.25, -0.2) is 4.79 Å². The van der Waals surface area contributed by atoms with E-state index in [0.717, 1.165) is 0 Å². The quantitative estimate of drug-likeness (QED) is 0.486. The van der Waals surface area contributed by atoms with Crippen LogP contribution in [0.15, 0.2) is 0 Å². The summed E-state index contributed by atoms with van der Waals surface area (Å²) in [6.07, 6.45) is -34.8. The van der Waals surface area contributed by atoms with Gasteiger partial charge in [0, 0.05) is 0 Å². The molecule has 0 aliphatic rings. The molecule has 1 aromatic rings. The lowest BCUT2D eigenvalue weighted by atomic mass is 9.84. The second kappa shape index (κ2) is 6.58. The highest BCUT2D eigenvalue weighted by molar-refractivity contribution is 5.93. The van der Waals surface area contributed by atoms with Gasteiger partial charge in [-0.15, -0.1) is 0 Å². The Bertz CT molecular complexity index is 764. The molecule has 0 bridgehead atoms. The maximum atomic E-state index is 13.0. The maximum absolute atomic E-state index is 13.0. The maximum Gasteiger partial charge on any atom is 0.417 e. The second-order valence-electron chi connectivity index (χ2n) is 5.04. The molecule has 0 amide bonds. The molecule has 1 rings (SSSR count). The monoisotopic (exact) mass is 462 g/mol. The first kappa shape index (κ1) is 24.7. The number of carbonyl (C=O) groups is 1. The van der Waals surface area contributed by atoms with Gasteiger partial charge in [-0.2, -0.15) is 65.9 Å². The number of carboxylic acids is 1. The molecule has 0 aliphatic carbocycles. The molecule has 0 unspecified atom stereocenters. The number of benzene rings is 1. The van der Waals surface area contributed by atoms with E-state index in [0.29, 0.717) is 0 Å². The van der Waals surface area contributed by atoms with Gasteiger partial charge in [-0.05, 0) is 0 Å². The highest BCUT2D eigenvalue weighted by atomic mass is 19.4. The molecule has 166 valence electrons. The van der Waals surface area contributed by atoms with Crippen molar-refractivity contribution in [2.24, 2.45) is 0 Å². The number of alkyl halides is 15. The summed E-state index contributed by atoms with van der Waals surface area (Å²) in [5.74, 6) is -3.62. The minimum absolute atomic E-state index is 3.62. The van der Waals surface area contributed by atoms with Crippen LogP contribution in [0.5, 0.6) is 0 Å². The molecule has 1 N–H and O–H groups in total. The number of carboxylic acid groups (broad SMARTS) is 1. The summed E-state index contributed by atoms with van der Waals surface area (Å²) in [7, 11) is 0. The summed E-state index contributed by atoms with van der Waals surface area (Å²) < 4.78 is 195. The molecular formula is C12HF15O2. The fourth-order valence-corrected chi connectivity index (χ4v) is 2.38. The molecule has 0 radical (unpaired) electrons. The van der Waals surface area contributed by atoms with Gasteiger partial charge in [0.15, 0.2) is 0 Å². The average molecular weight is 462 g/mol. The Balaban J connectivity index is 4.80. The summed E-state index contributed by atoms with van der Waals surface area (Å²) in [6, 6.07) is 0. The van der Waals surface area contributed by atoms with Crippen LogP contribution in [0.3, 0.4) is 0 Å². The van der Waals surface area contributed by atoms with Gasteiger partial charge in [0.25, 0.3) is 0 Å². The van der Waals surface area contributed by atoms with Gasteiger partial charge in [-0.1, -0.05) is 0 Å². The molecule has 0 aliphatic heterocycles. The molecule has 0 spiro atoms. The van der Waals surface area contributed by atoms with E-state index in [-0.39, 0.29) is 0 Å². The van der Waals surface area contributed by atoms with Gasteiger partial charge in [0.05, 0.1) is 33.4 Å². The van der Waals surface area contributed by atoms with Crippen molar-refractivity contribution < 1.29 is 75.8 Å². The van der Waals surface area contributed by atoms with E-state index in [4.69, 9.17) is 5.11 Å². The zero-order valence-electron chi connectivity index (χ0n) is 12.5. The van der Waals surface area contributed by atoms with Crippen LogP contribution < -0.4 is 0 Å². The van der Waals surface area contributed by atoms with Crippen LogP contribution in [0, 0.1) is 0 Å². The van der Waals surface area contributed by atoms with Crippen molar-refractivity contribution in [1.82, 2.24) is 0 Å². The molecule has 0 heterocycles. The van der Waals surface area contributed by atoms with Crippen LogP contribution in [0.4, 0.5) is 65.9 Å². The molecule has 29 heavy (non-hydrogen) atoms. The third-order valence-electron chi connectivity index (χ3n) is 3.13. The molecular weight excluding hydrogens is 461 g/mol. The molecule has 0 saturated heterocycles. The Morgan fingerprint density at radius 1 is 0.448 bits per heavy atom. The summed E-state index contributed by atoms with van der Waals surface area (Å²) in [5.41, 5.74) is -24.7. The Labute approximate surface area is 147 Å². The second-order valence-corrected chi connectivity index (χ2v) is 5.04. The SMILES string of the molecule is O=C(O)c1c(C(F)(F)F)c(C(F)(F)F)c(C(F)(F)F)c(C(F)(F)F)c1C(F)(F)F. The van der Waals surface area contributed by atoms with Gasteiger partial charge >= 0.3 is 36.9 Å². The standard InChI is InChI=1S/C12HF15O2/c13-8(14,15)2-1(7(28)29)3(9(16,17)18)5(11(22,23)24)6(12(25,26)27)4(2)10(19,20)21/h(H,28,29). The Hall–Kier alpha value is -2.36. The summed E-state index contributed by atoms with van der Waals surface area (Å²) in [5, 5.41) is 8.53. The number of halogens is 15. The lowest BCUT2D eigenvalue weighted by Gasteiger charge is -2.29. The van der Waals surface area contributed by atoms with Crippen molar-refractivity contribution in [3.05, 3.63) is 33.4 Å². The Kier molecular flexibility index (Phi) is 5.60. The highest BCUT2D eigenvalue weighted by Crippen LogP contribution is 2.56. The van der Waals surface area contributed by atoms with E-state index in [1.54, 1.807) is 0 Å². The topological polar surface area (TPSA) is 37.3 Å². The molecule has 1 aromatic carbocycles. The highest BCUT2D eigenvalue weighted by Gasteiger charge is 2.61. The first-order valence-corrected chi connectivity index (χ1v) is 6.26. The Morgan fingerprint density at radius 3 is 0.759 bits per heavy atom. The van der Waals surface area contributed by atoms with Crippen LogP contribution >= 0.6 is 0 Å². The van der Waals surface area contributed by atoms with Crippen LogP contribution in [0.2, 0.25) is 0 Å². The first-order chi connectivity index (χ1) is 12.4. The predicted molar refractivity (Wildman–Crippen MR) is 58.4 cm³/mol. The third kappa shape index (κ3) is 4.63. The molecule has 2 nitrogen and oxygen atoms in total. The average Bonchev–Trinajstić information content (AvgIpc) is 2.38. The van der Waals surface area contributed by atoms with E-state index in [9.17, 15) is 70.7 Å². The van der Waals surface area contributed by atoms with E-state index in [1.807, 2.05) is 0 Å². The normalized spacial score (nSPS) is 14.3. The zero-order chi connectivity index (χ0) is 23.5. The Morgan fingerprint density at radius 2 is 0.621 bits per heavy atom. The molecule has 0 saturated carbocycles. The fraction of sp³-hybridized carbons (Fsp3) is 0.417. The van der Waals surface area contributed by atoms with E-state index >= 15 is 0 Å². The fourth-order valence-electron chi connectivity index (χ4n) is 2.38. The van der Waals surface area contributed by atoms with Crippen LogP contribution in [-0.4, -0.2) is 11.1 Å². The van der Waals surface area contributed by atoms with Crippen molar-refractivity contribution in [3.8, 4) is 0 Å². The number of hydrogen-bond acceptors (Lipinski definition) is 1. The van der Waals surface area contributed by atoms with Crippen LogP contribution in [-0.2, 0) is 30.9 Å². The molecule has 0 atom stereocenters. The lowest BCUT2D eigenvalue weighted by molar-refractivity contribution is -0.189. The summed E-state index contributed by atoms with van der Waals surface area (Å²) in [4.78, 5) is 10.8. The minimum atomic E-state index is -7.05. The third-order valence-corrected chi connectivity index (χ3v) is 3.13. The van der Waals surface area contributed by atoms with Gasteiger partial charge in [-0.3, -0.25) is 0 Å². The van der Waals surface area contributed by atoms with Gasteiger partial charge in [0.1, 0.15) is 0 Å². The molecule has 17 heteroatoms. The van der Waals surface area contributed by atoms with Crippen molar-refractivity contribution in [3.63, 3.8) is 0 Å². The predicted octanol–water partition coefficient (Wildman–Crippen LogP) is 6.48. The number of hydrogen-bond donors (Lipinski definition) is 1. The summed E-state index contributed by atoms with van der Waals surface area (Å²) in [6.45, 7) is 0. The largest absolute Gasteiger partial charge is 0.478 e. The lowest BCUT2D eigenvalue weighted by Crippen LogP contribution is -2.34. The zero-order valence-corrected chi connectivity index (χ0v) is 12.5. The van der Waals surface area contributed by atoms with Gasteiger partial charge < -0.3 is 5.11 Å². The van der Waals surface area contributed by atoms with Crippen molar-refractivity contribution in [2.45, 2.75) is 30.9 Å². The van der Waals surface area contributed by atoms with E-state index in [1.165, 1.54) is 0 Å². The van der Waals surface area contributed by atoms with Crippen molar-refractivity contribution in [2.75, 3.05) is 0 Å². The van der Waals surface area contributed by atoms with Crippen LogP contribution in [0.1, 0.15) is 38.2 Å². The van der Waals surface area contributed by atoms with E-state index < -0.39 is 70.2 Å². The minimum Gasteiger partial charge on any atom is -0.478 e. The molecule has 0 fully saturated rings. The number of aromatic carboxylic acids is 1. The number of rotatable bonds is 1. The van der Waals surface area contributed by atoms with Crippen molar-refractivity contribution >= 4 is 5.97 Å². The molecule has 0 aromatic heterocycles. The van der Waals surface area contributed by atoms with Crippen LogP contribution in [0.25, 0.3) is 0 Å². The summed E-state index contributed by atoms with van der Waals surface area (Å²) >= 11 is 0. The first-order valence-electron chi connectivity index (χ1n) is 6.26. The van der Waals surface area contributed by atoms with Crippen molar-refractivity contribution in [1.29, 1.82) is 0 Å². The van der Waals surface area contributed by atoms with Gasteiger partial charge in [0.2, 0.25) is 0 Å². The smallest absolute Gasteiger partial charge is 0.417 e. The van der Waals surface area contributed by atoms with E-state index in [2.05, 4.69) is 0 Å².